The molecule has 16 heteroatoms. The molecular weight excluding hydrogens is 509 g/mol. The first-order chi connectivity index (χ1) is 16.8. The van der Waals surface area contributed by atoms with E-state index in [0.717, 1.165) is 31.3 Å². The van der Waals surface area contributed by atoms with Gasteiger partial charge in [-0.1, -0.05) is 12.1 Å². The summed E-state index contributed by atoms with van der Waals surface area (Å²) in [5, 5.41) is 0. The van der Waals surface area contributed by atoms with Crippen LogP contribution >= 0.6 is 0 Å². The lowest BCUT2D eigenvalue weighted by molar-refractivity contribution is -0.894. The van der Waals surface area contributed by atoms with Gasteiger partial charge in [-0.05, 0) is 32.9 Å². The van der Waals surface area contributed by atoms with E-state index in [1.807, 2.05) is 0 Å². The molecule has 1 heterocycles. The van der Waals surface area contributed by atoms with Gasteiger partial charge in [-0.2, -0.15) is 9.97 Å². The van der Waals surface area contributed by atoms with Gasteiger partial charge in [0.15, 0.2) is 0 Å². The van der Waals surface area contributed by atoms with E-state index in [2.05, 4.69) is 40.5 Å². The first kappa shape index (κ1) is 30.6. The molecule has 0 bridgehead atoms. The quantitative estimate of drug-likeness (QED) is 0.482. The van der Waals surface area contributed by atoms with Crippen LogP contribution in [0.25, 0.3) is 0 Å². The van der Waals surface area contributed by atoms with Crippen LogP contribution < -0.4 is 28.7 Å². The zero-order chi connectivity index (χ0) is 27.5. The smallest absolute Gasteiger partial charge is 0.467 e. The number of alkyl halides is 3. The maximum Gasteiger partial charge on any atom is 0.573 e. The summed E-state index contributed by atoms with van der Waals surface area (Å²) in [6.45, 7) is 10.5. The van der Waals surface area contributed by atoms with Crippen LogP contribution in [0.5, 0.6) is 17.8 Å². The summed E-state index contributed by atoms with van der Waals surface area (Å²) in [6, 6.07) is 2.20. The Hall–Kier alpha value is -3.40. The molecule has 2 N–H and O–H groups in total. The van der Waals surface area contributed by atoms with Crippen LogP contribution in [-0.2, 0) is 10.0 Å². The van der Waals surface area contributed by atoms with Crippen LogP contribution in [-0.4, -0.2) is 76.7 Å². The van der Waals surface area contributed by atoms with Crippen molar-refractivity contribution in [3.8, 4) is 17.8 Å². The van der Waals surface area contributed by atoms with E-state index in [1.54, 1.807) is 9.62 Å². The molecule has 1 aromatic carbocycles. The van der Waals surface area contributed by atoms with E-state index in [1.165, 1.54) is 33.9 Å². The number of quaternary nitrogens is 1. The fourth-order valence-electron chi connectivity index (χ4n) is 2.62. The third-order valence-electron chi connectivity index (χ3n) is 4.64. The number of benzene rings is 1. The average molecular weight is 540 g/mol. The fraction of sp³-hybridized carbons (Fsp3) is 0.500. The van der Waals surface area contributed by atoms with Gasteiger partial charge in [0.05, 0.1) is 33.9 Å². The Balaban J connectivity index is 0.000000809. The molecule has 2 rings (SSSR count). The van der Waals surface area contributed by atoms with E-state index >= 15 is 0 Å². The van der Waals surface area contributed by atoms with E-state index in [4.69, 9.17) is 9.47 Å². The first-order valence-electron chi connectivity index (χ1n) is 10.6. The van der Waals surface area contributed by atoms with Crippen molar-refractivity contribution >= 4 is 22.0 Å². The Labute approximate surface area is 207 Å². The SMILES string of the molecule is CC[NH+](CC)CC.COc1nc(OC)nc(N(C)C(=O)NS(=O)(=O)c2ccccc2OC(F)(F)F)n1. The summed E-state index contributed by atoms with van der Waals surface area (Å²) < 4.78 is 77.3. The number of para-hydroxylation sites is 1. The summed E-state index contributed by atoms with van der Waals surface area (Å²) in [5.74, 6) is -1.35. The maximum atomic E-state index is 12.5. The molecule has 12 nitrogen and oxygen atoms in total. The summed E-state index contributed by atoms with van der Waals surface area (Å²) >= 11 is 0. The number of halogens is 3. The number of methoxy groups -OCH3 is 2. The Morgan fingerprint density at radius 2 is 1.50 bits per heavy atom. The zero-order valence-electron chi connectivity index (χ0n) is 20.7. The number of nitrogens with one attached hydrogen (secondary N) is 2. The summed E-state index contributed by atoms with van der Waals surface area (Å²) in [5.41, 5.74) is 0. The molecule has 0 aliphatic rings. The predicted octanol–water partition coefficient (Wildman–Crippen LogP) is 1.25. The third kappa shape index (κ3) is 9.33. The number of amides is 2. The van der Waals surface area contributed by atoms with E-state index < -0.39 is 33.1 Å². The molecule has 2 amide bonds. The molecular formula is C20H30F3N6O6S+. The highest BCUT2D eigenvalue weighted by Crippen LogP contribution is 2.29. The summed E-state index contributed by atoms with van der Waals surface area (Å²) in [6.07, 6.45) is -5.13. The average Bonchev–Trinajstić information content (AvgIpc) is 2.83. The molecule has 0 atom stereocenters. The molecule has 202 valence electrons. The molecule has 0 aliphatic heterocycles. The number of rotatable bonds is 9. The lowest BCUT2D eigenvalue weighted by Gasteiger charge is -2.18. The van der Waals surface area contributed by atoms with Crippen molar-refractivity contribution in [2.75, 3.05) is 45.8 Å². The topological polar surface area (TPSA) is 137 Å². The van der Waals surface area contributed by atoms with Crippen molar-refractivity contribution in [1.29, 1.82) is 0 Å². The van der Waals surface area contributed by atoms with E-state index in [-0.39, 0.29) is 18.0 Å². The number of carbonyl (C=O) groups excluding carboxylic acids is 1. The molecule has 2 aromatic rings. The van der Waals surface area contributed by atoms with E-state index in [9.17, 15) is 26.4 Å². The number of sulfonamides is 1. The number of anilines is 1. The van der Waals surface area contributed by atoms with Crippen LogP contribution in [0, 0.1) is 0 Å². The van der Waals surface area contributed by atoms with Crippen molar-refractivity contribution in [3.63, 3.8) is 0 Å². The van der Waals surface area contributed by atoms with Crippen molar-refractivity contribution in [2.45, 2.75) is 32.0 Å². The molecule has 0 aliphatic carbocycles. The van der Waals surface area contributed by atoms with Crippen LogP contribution in [0.15, 0.2) is 29.2 Å². The zero-order valence-corrected chi connectivity index (χ0v) is 21.5. The van der Waals surface area contributed by atoms with Gasteiger partial charge in [0.2, 0.25) is 5.95 Å². The number of carbonyl (C=O) groups is 1. The largest absolute Gasteiger partial charge is 0.573 e. The van der Waals surface area contributed by atoms with Gasteiger partial charge in [-0.25, -0.2) is 17.9 Å². The van der Waals surface area contributed by atoms with Gasteiger partial charge >= 0.3 is 24.4 Å². The highest BCUT2D eigenvalue weighted by Gasteiger charge is 2.34. The second-order valence-electron chi connectivity index (χ2n) is 6.88. The van der Waals surface area contributed by atoms with Crippen molar-refractivity contribution < 1.29 is 45.5 Å². The molecule has 0 spiro atoms. The van der Waals surface area contributed by atoms with Gasteiger partial charge in [-0.15, -0.1) is 18.2 Å². The molecule has 0 unspecified atom stereocenters. The number of nitrogens with zero attached hydrogens (tertiary/aromatic N) is 4. The molecule has 36 heavy (non-hydrogen) atoms. The van der Waals surface area contributed by atoms with Gasteiger partial charge in [-0.3, -0.25) is 4.90 Å². The second-order valence-corrected chi connectivity index (χ2v) is 8.53. The lowest BCUT2D eigenvalue weighted by atomic mass is 10.3. The number of aromatic nitrogens is 3. The van der Waals surface area contributed by atoms with E-state index in [0.29, 0.717) is 4.90 Å². The minimum absolute atomic E-state index is 0.224. The maximum absolute atomic E-state index is 12.5. The van der Waals surface area contributed by atoms with Gasteiger partial charge in [0.25, 0.3) is 10.0 Å². The minimum Gasteiger partial charge on any atom is -0.467 e. The molecule has 1 aromatic heterocycles. The van der Waals surface area contributed by atoms with Crippen LogP contribution in [0.4, 0.5) is 23.9 Å². The lowest BCUT2D eigenvalue weighted by Crippen LogP contribution is -3.11. The number of hydrogen-bond acceptors (Lipinski definition) is 9. The number of ether oxygens (including phenoxy) is 3. The molecule has 0 radical (unpaired) electrons. The van der Waals surface area contributed by atoms with Crippen molar-refractivity contribution in [2.24, 2.45) is 0 Å². The first-order valence-corrected chi connectivity index (χ1v) is 12.1. The normalized spacial score (nSPS) is 11.3. The number of hydrogen-bond donors (Lipinski definition) is 2. The summed E-state index contributed by atoms with van der Waals surface area (Å²) in [4.78, 5) is 25.0. The third-order valence-corrected chi connectivity index (χ3v) is 6.00. The van der Waals surface area contributed by atoms with Crippen LogP contribution in [0.1, 0.15) is 20.8 Å². The fourth-order valence-corrected chi connectivity index (χ4v) is 3.73. The molecule has 0 fully saturated rings. The summed E-state index contributed by atoms with van der Waals surface area (Å²) in [7, 11) is -1.16. The molecule has 0 saturated carbocycles. The number of urea groups is 1. The Bertz CT molecular complexity index is 1070. The monoisotopic (exact) mass is 539 g/mol. The van der Waals surface area contributed by atoms with Gasteiger partial charge in [0, 0.05) is 7.05 Å². The van der Waals surface area contributed by atoms with Crippen LogP contribution in [0.3, 0.4) is 0 Å². The highest BCUT2D eigenvalue weighted by atomic mass is 32.2. The standard InChI is InChI=1S/C14H14F3N5O6S.C6H15N/c1-22(10-18-11(26-2)20-12(19-10)27-3)13(23)21-29(24,25)9-7-5-4-6-8(9)28-14(15,16)17;1-4-7(5-2)6-3/h4-7H,1-3H3,(H,21,23);4-6H2,1-3H3/p+1. The van der Waals surface area contributed by atoms with Gasteiger partial charge in [0.1, 0.15) is 10.6 Å². The van der Waals surface area contributed by atoms with Crippen molar-refractivity contribution in [3.05, 3.63) is 24.3 Å². The Morgan fingerprint density at radius 3 is 1.92 bits per heavy atom. The Morgan fingerprint density at radius 1 is 1.00 bits per heavy atom. The van der Waals surface area contributed by atoms with Crippen LogP contribution in [0.2, 0.25) is 0 Å². The highest BCUT2D eigenvalue weighted by molar-refractivity contribution is 7.90. The second kappa shape index (κ2) is 13.6. The molecule has 0 saturated heterocycles. The minimum atomic E-state index is -5.13. The van der Waals surface area contributed by atoms with Crippen molar-refractivity contribution in [1.82, 2.24) is 19.7 Å². The predicted molar refractivity (Wildman–Crippen MR) is 123 cm³/mol. The Kier molecular flexibility index (Phi) is 11.6. The van der Waals surface area contributed by atoms with Gasteiger partial charge < -0.3 is 19.1 Å².